The van der Waals surface area contributed by atoms with E-state index >= 15 is 0 Å². The quantitative estimate of drug-likeness (QED) is 0.699. The lowest BCUT2D eigenvalue weighted by Crippen LogP contribution is -2.59. The highest BCUT2D eigenvalue weighted by Crippen LogP contribution is 2.51. The third-order valence-corrected chi connectivity index (χ3v) is 7.35. The average molecular weight is 390 g/mol. The summed E-state index contributed by atoms with van der Waals surface area (Å²) < 4.78 is 14.4. The zero-order valence-corrected chi connectivity index (χ0v) is 16.5. The first-order valence-electron chi connectivity index (χ1n) is 10.8. The maximum absolute atomic E-state index is 14.4. The number of hydrogen-bond acceptors (Lipinski definition) is 3. The van der Waals surface area contributed by atoms with Crippen LogP contribution in [0.25, 0.3) is 0 Å². The van der Waals surface area contributed by atoms with Gasteiger partial charge in [-0.05, 0) is 87.8 Å². The molecule has 0 spiro atoms. The van der Waals surface area contributed by atoms with Crippen molar-refractivity contribution in [1.29, 1.82) is 0 Å². The average Bonchev–Trinajstić information content (AvgIpc) is 3.10. The largest absolute Gasteiger partial charge is 0.465 e. The molecule has 6 heteroatoms. The molecule has 1 saturated carbocycles. The van der Waals surface area contributed by atoms with Gasteiger partial charge in [-0.25, -0.2) is 9.18 Å². The summed E-state index contributed by atoms with van der Waals surface area (Å²) >= 11 is 0. The first-order chi connectivity index (χ1) is 13.6. The molecule has 3 atom stereocenters. The number of piperidine rings is 1. The standard InChI is InChI=1S/C22H32FN3O2/c23-18-5-1-4-17(14-18)22(15-26-12-3-13-26,16-8-10-24-11-9-16)19-6-2-7-20(19)25-21(27)28/h1,4-5,14,16,19-20,24-25H,2-3,6-13,15H2,(H,27,28)/t19-,20-,22?/m0/s1. The SMILES string of the molecule is O=C(O)N[C@H]1CCC[C@@H]1C(CN1CCC1)(c1cccc(F)c1)C1CCNCC1. The molecule has 1 amide bonds. The van der Waals surface area contributed by atoms with Gasteiger partial charge < -0.3 is 20.6 Å². The fourth-order valence-electron chi connectivity index (χ4n) is 6.02. The van der Waals surface area contributed by atoms with E-state index in [1.807, 2.05) is 6.07 Å². The highest BCUT2D eigenvalue weighted by atomic mass is 19.1. The van der Waals surface area contributed by atoms with Crippen molar-refractivity contribution in [2.75, 3.05) is 32.7 Å². The van der Waals surface area contributed by atoms with E-state index in [4.69, 9.17) is 0 Å². The molecule has 0 bridgehead atoms. The molecule has 1 aromatic rings. The van der Waals surface area contributed by atoms with E-state index in [2.05, 4.69) is 21.6 Å². The van der Waals surface area contributed by atoms with Crippen molar-refractivity contribution >= 4 is 6.09 Å². The number of nitrogens with zero attached hydrogens (tertiary/aromatic N) is 1. The molecule has 1 unspecified atom stereocenters. The third kappa shape index (κ3) is 3.77. The summed E-state index contributed by atoms with van der Waals surface area (Å²) in [6.45, 7) is 5.04. The first kappa shape index (κ1) is 19.6. The monoisotopic (exact) mass is 389 g/mol. The van der Waals surface area contributed by atoms with E-state index in [1.165, 1.54) is 12.5 Å². The molecule has 3 fully saturated rings. The lowest BCUT2D eigenvalue weighted by Gasteiger charge is -2.53. The van der Waals surface area contributed by atoms with Crippen LogP contribution in [0.5, 0.6) is 0 Å². The van der Waals surface area contributed by atoms with Crippen molar-refractivity contribution in [3.05, 3.63) is 35.6 Å². The van der Waals surface area contributed by atoms with E-state index < -0.39 is 6.09 Å². The molecule has 5 nitrogen and oxygen atoms in total. The lowest BCUT2D eigenvalue weighted by atomic mass is 9.58. The predicted octanol–water partition coefficient (Wildman–Crippen LogP) is 3.21. The second-order valence-electron chi connectivity index (χ2n) is 8.80. The number of nitrogens with one attached hydrogen (secondary N) is 2. The molecule has 1 aromatic carbocycles. The van der Waals surface area contributed by atoms with Crippen molar-refractivity contribution in [2.45, 2.75) is 50.0 Å². The van der Waals surface area contributed by atoms with Gasteiger partial charge in [0.25, 0.3) is 0 Å². The number of carbonyl (C=O) groups is 1. The minimum Gasteiger partial charge on any atom is -0.465 e. The van der Waals surface area contributed by atoms with Crippen LogP contribution in [0.15, 0.2) is 24.3 Å². The Morgan fingerprint density at radius 3 is 2.64 bits per heavy atom. The van der Waals surface area contributed by atoms with E-state index in [9.17, 15) is 14.3 Å². The topological polar surface area (TPSA) is 64.6 Å². The number of hydrogen-bond donors (Lipinski definition) is 3. The second-order valence-corrected chi connectivity index (χ2v) is 8.80. The van der Waals surface area contributed by atoms with Crippen LogP contribution in [-0.2, 0) is 5.41 Å². The first-order valence-corrected chi connectivity index (χ1v) is 10.8. The molecule has 2 aliphatic heterocycles. The van der Waals surface area contributed by atoms with Gasteiger partial charge in [0.05, 0.1) is 0 Å². The Morgan fingerprint density at radius 1 is 1.21 bits per heavy atom. The van der Waals surface area contributed by atoms with Gasteiger partial charge >= 0.3 is 6.09 Å². The highest BCUT2D eigenvalue weighted by molar-refractivity contribution is 5.65. The minimum absolute atomic E-state index is 0.0584. The Morgan fingerprint density at radius 2 is 2.00 bits per heavy atom. The Kier molecular flexibility index (Phi) is 5.88. The van der Waals surface area contributed by atoms with Crippen molar-refractivity contribution in [3.63, 3.8) is 0 Å². The maximum atomic E-state index is 14.4. The zero-order chi connectivity index (χ0) is 19.6. The molecule has 0 radical (unpaired) electrons. The van der Waals surface area contributed by atoms with E-state index in [0.717, 1.165) is 70.4 Å². The van der Waals surface area contributed by atoms with Gasteiger partial charge in [-0.3, -0.25) is 0 Å². The Hall–Kier alpha value is -1.66. The Labute approximate surface area is 166 Å². The van der Waals surface area contributed by atoms with Gasteiger partial charge in [0.15, 0.2) is 0 Å². The van der Waals surface area contributed by atoms with Crippen molar-refractivity contribution in [2.24, 2.45) is 11.8 Å². The number of benzene rings is 1. The molecule has 154 valence electrons. The summed E-state index contributed by atoms with van der Waals surface area (Å²) in [4.78, 5) is 14.0. The molecule has 28 heavy (non-hydrogen) atoms. The normalized spacial score (nSPS) is 28.5. The fourth-order valence-corrected chi connectivity index (χ4v) is 6.02. The summed E-state index contributed by atoms with van der Waals surface area (Å²) in [6, 6.07) is 7.09. The van der Waals surface area contributed by atoms with Crippen molar-refractivity contribution in [1.82, 2.24) is 15.5 Å². The fraction of sp³-hybridized carbons (Fsp3) is 0.682. The maximum Gasteiger partial charge on any atom is 0.404 e. The number of rotatable bonds is 6. The van der Waals surface area contributed by atoms with Gasteiger partial charge in [-0.1, -0.05) is 18.6 Å². The van der Waals surface area contributed by atoms with Crippen LogP contribution in [0.2, 0.25) is 0 Å². The molecule has 3 N–H and O–H groups in total. The minimum atomic E-state index is -0.945. The molecular formula is C22H32FN3O2. The van der Waals surface area contributed by atoms with Crippen LogP contribution in [0.4, 0.5) is 9.18 Å². The van der Waals surface area contributed by atoms with Crippen LogP contribution in [0.3, 0.4) is 0 Å². The zero-order valence-electron chi connectivity index (χ0n) is 16.5. The Balaban J connectivity index is 1.79. The smallest absolute Gasteiger partial charge is 0.404 e. The van der Waals surface area contributed by atoms with E-state index in [0.29, 0.717) is 5.92 Å². The van der Waals surface area contributed by atoms with Crippen LogP contribution in [-0.4, -0.2) is 54.9 Å². The van der Waals surface area contributed by atoms with Gasteiger partial charge in [-0.15, -0.1) is 0 Å². The van der Waals surface area contributed by atoms with Crippen LogP contribution in [0.1, 0.15) is 44.1 Å². The third-order valence-electron chi connectivity index (χ3n) is 7.35. The van der Waals surface area contributed by atoms with E-state index in [-0.39, 0.29) is 23.2 Å². The molecule has 1 aliphatic carbocycles. The van der Waals surface area contributed by atoms with Gasteiger partial charge in [-0.2, -0.15) is 0 Å². The van der Waals surface area contributed by atoms with Gasteiger partial charge in [0, 0.05) is 18.0 Å². The van der Waals surface area contributed by atoms with Crippen molar-refractivity contribution in [3.8, 4) is 0 Å². The number of amides is 1. The second kappa shape index (κ2) is 8.37. The van der Waals surface area contributed by atoms with Crippen molar-refractivity contribution < 1.29 is 14.3 Å². The van der Waals surface area contributed by atoms with Crippen LogP contribution >= 0.6 is 0 Å². The number of halogens is 1. The number of carboxylic acid groups (broad SMARTS) is 1. The molecule has 2 saturated heterocycles. The Bertz CT molecular complexity index is 690. The molecular weight excluding hydrogens is 357 g/mol. The molecule has 3 aliphatic rings. The number of likely N-dealkylation sites (tertiary alicyclic amines) is 1. The predicted molar refractivity (Wildman–Crippen MR) is 107 cm³/mol. The highest BCUT2D eigenvalue weighted by Gasteiger charge is 2.52. The summed E-state index contributed by atoms with van der Waals surface area (Å²) in [7, 11) is 0. The van der Waals surface area contributed by atoms with Gasteiger partial charge in [0.2, 0.25) is 0 Å². The lowest BCUT2D eigenvalue weighted by molar-refractivity contribution is 0.0427. The molecule has 2 heterocycles. The summed E-state index contributed by atoms with van der Waals surface area (Å²) in [6.07, 6.45) is 5.28. The van der Waals surface area contributed by atoms with Gasteiger partial charge in [0.1, 0.15) is 5.82 Å². The van der Waals surface area contributed by atoms with E-state index in [1.54, 1.807) is 6.07 Å². The summed E-state index contributed by atoms with van der Waals surface area (Å²) in [5, 5.41) is 15.7. The van der Waals surface area contributed by atoms with Crippen LogP contribution in [0, 0.1) is 17.7 Å². The van der Waals surface area contributed by atoms with Crippen LogP contribution < -0.4 is 10.6 Å². The summed E-state index contributed by atoms with van der Waals surface area (Å²) in [5.74, 6) is 0.437. The molecule has 4 rings (SSSR count). The summed E-state index contributed by atoms with van der Waals surface area (Å²) in [5.41, 5.74) is 0.851. The molecule has 0 aromatic heterocycles.